The minimum Gasteiger partial charge on any atom is -0.453 e. The summed E-state index contributed by atoms with van der Waals surface area (Å²) in [5.74, 6) is 0.0815. The van der Waals surface area contributed by atoms with Crippen LogP contribution < -0.4 is 10.1 Å². The summed E-state index contributed by atoms with van der Waals surface area (Å²) in [6, 6.07) is 4.79. The van der Waals surface area contributed by atoms with Crippen molar-refractivity contribution in [2.45, 2.75) is 50.4 Å². The summed E-state index contributed by atoms with van der Waals surface area (Å²) in [7, 11) is 1.31. The number of alkyl carbamates (subject to hydrolysis) is 1. The van der Waals surface area contributed by atoms with Gasteiger partial charge in [0.15, 0.2) is 0 Å². The number of nitrogens with one attached hydrogen (secondary N) is 1. The second-order valence-corrected chi connectivity index (χ2v) is 9.09. The number of carbonyl (C=O) groups excluding carboxylic acids is 2. The number of aryl methyl sites for hydroxylation is 1. The first-order chi connectivity index (χ1) is 13.9. The molecule has 0 bridgehead atoms. The minimum atomic E-state index is -4.72. The van der Waals surface area contributed by atoms with Crippen molar-refractivity contribution in [2.75, 3.05) is 20.2 Å². The van der Waals surface area contributed by atoms with Gasteiger partial charge in [0.2, 0.25) is 5.91 Å². The van der Waals surface area contributed by atoms with Gasteiger partial charge in [0.1, 0.15) is 5.75 Å². The van der Waals surface area contributed by atoms with Crippen LogP contribution in [0.15, 0.2) is 18.2 Å². The first kappa shape index (κ1) is 20.8. The summed E-state index contributed by atoms with van der Waals surface area (Å²) in [6.07, 6.45) is -3.15. The molecule has 164 valence electrons. The van der Waals surface area contributed by atoms with Gasteiger partial charge in [-0.3, -0.25) is 4.79 Å². The SMILES string of the molecule is COC(=O)N[C@]1(C)C[C@H](C(=O)N2CC3CC3(c3ccc(OC(F)(F)F)c(C)c3)C2)C1. The normalized spacial score (nSPS) is 32.1. The third-order valence-corrected chi connectivity index (χ3v) is 6.77. The van der Waals surface area contributed by atoms with Crippen molar-refractivity contribution in [1.29, 1.82) is 0 Å². The van der Waals surface area contributed by atoms with Crippen molar-refractivity contribution >= 4 is 12.0 Å². The van der Waals surface area contributed by atoms with Crippen LogP contribution in [0.25, 0.3) is 0 Å². The molecule has 2 atom stereocenters. The number of halogens is 3. The molecule has 3 fully saturated rings. The number of amides is 2. The highest BCUT2D eigenvalue weighted by atomic mass is 19.4. The highest BCUT2D eigenvalue weighted by Crippen LogP contribution is 2.60. The number of piperidine rings is 1. The quantitative estimate of drug-likeness (QED) is 0.800. The number of ether oxygens (including phenoxy) is 2. The first-order valence-electron chi connectivity index (χ1n) is 9.96. The van der Waals surface area contributed by atoms with Gasteiger partial charge in [0.25, 0.3) is 0 Å². The molecular weight excluding hydrogens is 401 g/mol. The van der Waals surface area contributed by atoms with Crippen molar-refractivity contribution in [3.63, 3.8) is 0 Å². The van der Waals surface area contributed by atoms with Crippen LogP contribution in [-0.2, 0) is 14.9 Å². The average Bonchev–Trinajstić information content (AvgIpc) is 3.20. The van der Waals surface area contributed by atoms with Gasteiger partial charge in [0.05, 0.1) is 7.11 Å². The number of benzene rings is 1. The van der Waals surface area contributed by atoms with Crippen LogP contribution >= 0.6 is 0 Å². The number of nitrogens with zero attached hydrogens (tertiary/aromatic N) is 1. The average molecular weight is 426 g/mol. The molecule has 0 aromatic heterocycles. The Morgan fingerprint density at radius 1 is 1.23 bits per heavy atom. The maximum absolute atomic E-state index is 12.9. The summed E-state index contributed by atoms with van der Waals surface area (Å²) < 4.78 is 46.2. The van der Waals surface area contributed by atoms with Crippen molar-refractivity contribution in [2.24, 2.45) is 11.8 Å². The zero-order valence-corrected chi connectivity index (χ0v) is 17.1. The molecule has 3 aliphatic rings. The number of methoxy groups -OCH3 is 1. The smallest absolute Gasteiger partial charge is 0.453 e. The highest BCUT2D eigenvalue weighted by molar-refractivity contribution is 5.82. The monoisotopic (exact) mass is 426 g/mol. The molecule has 1 saturated heterocycles. The Kier molecular flexibility index (Phi) is 4.70. The Hall–Kier alpha value is -2.45. The van der Waals surface area contributed by atoms with Crippen LogP contribution in [0, 0.1) is 18.8 Å². The lowest BCUT2D eigenvalue weighted by molar-refractivity contribution is -0.274. The Bertz CT molecular complexity index is 881. The molecule has 1 aliphatic heterocycles. The third-order valence-electron chi connectivity index (χ3n) is 6.77. The molecule has 1 N–H and O–H groups in total. The van der Waals surface area contributed by atoms with Gasteiger partial charge >= 0.3 is 12.5 Å². The lowest BCUT2D eigenvalue weighted by atomic mass is 9.69. The molecule has 1 heterocycles. The molecule has 30 heavy (non-hydrogen) atoms. The van der Waals surface area contributed by atoms with E-state index in [0.717, 1.165) is 12.0 Å². The van der Waals surface area contributed by atoms with Crippen molar-refractivity contribution < 1.29 is 32.2 Å². The maximum atomic E-state index is 12.9. The van der Waals surface area contributed by atoms with E-state index < -0.39 is 18.0 Å². The van der Waals surface area contributed by atoms with Crippen LogP contribution in [0.2, 0.25) is 0 Å². The summed E-state index contributed by atoms with van der Waals surface area (Å²) in [4.78, 5) is 26.2. The van der Waals surface area contributed by atoms with Crippen LogP contribution in [0.1, 0.15) is 37.3 Å². The van der Waals surface area contributed by atoms with Gasteiger partial charge in [-0.05, 0) is 56.2 Å². The first-order valence-corrected chi connectivity index (χ1v) is 9.96. The van der Waals surface area contributed by atoms with E-state index in [-0.39, 0.29) is 23.0 Å². The predicted octanol–water partition coefficient (Wildman–Crippen LogP) is 3.52. The zero-order valence-electron chi connectivity index (χ0n) is 17.1. The Morgan fingerprint density at radius 3 is 2.53 bits per heavy atom. The van der Waals surface area contributed by atoms with E-state index in [4.69, 9.17) is 0 Å². The molecule has 2 amide bonds. The molecule has 2 unspecified atom stereocenters. The lowest BCUT2D eigenvalue weighted by Crippen LogP contribution is -2.58. The molecule has 1 aromatic carbocycles. The standard InChI is InChI=1S/C21H25F3N2O4/c1-12-6-14(4-5-16(12)30-21(22,23)24)20-9-15(20)10-26(11-20)17(27)13-7-19(2,8-13)25-18(28)29-3/h4-6,13,15H,7-11H2,1-3H3,(H,25,28)/t13-,15?,19+,20?. The summed E-state index contributed by atoms with van der Waals surface area (Å²) in [5, 5.41) is 2.77. The molecule has 6 nitrogen and oxygen atoms in total. The van der Waals surface area contributed by atoms with Gasteiger partial charge in [-0.25, -0.2) is 4.79 Å². The lowest BCUT2D eigenvalue weighted by Gasteiger charge is -2.45. The molecule has 2 saturated carbocycles. The predicted molar refractivity (Wildman–Crippen MR) is 101 cm³/mol. The Labute approximate surface area is 172 Å². The Morgan fingerprint density at radius 2 is 1.93 bits per heavy atom. The molecule has 4 rings (SSSR count). The third kappa shape index (κ3) is 3.70. The van der Waals surface area contributed by atoms with E-state index >= 15 is 0 Å². The number of rotatable bonds is 4. The van der Waals surface area contributed by atoms with Crippen molar-refractivity contribution in [3.05, 3.63) is 29.3 Å². The van der Waals surface area contributed by atoms with Crippen LogP contribution in [0.4, 0.5) is 18.0 Å². The number of fused-ring (bicyclic) bond motifs is 1. The Balaban J connectivity index is 1.39. The van der Waals surface area contributed by atoms with Crippen molar-refractivity contribution in [1.82, 2.24) is 10.2 Å². The van der Waals surface area contributed by atoms with Crippen LogP contribution in [-0.4, -0.2) is 49.0 Å². The van der Waals surface area contributed by atoms with Crippen LogP contribution in [0.5, 0.6) is 5.75 Å². The van der Waals surface area contributed by atoms with Gasteiger partial charge in [0, 0.05) is 30.0 Å². The largest absolute Gasteiger partial charge is 0.573 e. The van der Waals surface area contributed by atoms with E-state index in [0.29, 0.717) is 37.4 Å². The van der Waals surface area contributed by atoms with Gasteiger partial charge in [-0.2, -0.15) is 0 Å². The summed E-state index contributed by atoms with van der Waals surface area (Å²) >= 11 is 0. The fraction of sp³-hybridized carbons (Fsp3) is 0.619. The number of carbonyl (C=O) groups is 2. The highest BCUT2D eigenvalue weighted by Gasteiger charge is 2.62. The molecule has 2 aliphatic carbocycles. The van der Waals surface area contributed by atoms with E-state index in [1.54, 1.807) is 19.1 Å². The summed E-state index contributed by atoms with van der Waals surface area (Å²) in [5.41, 5.74) is 0.784. The van der Waals surface area contributed by atoms with Crippen LogP contribution in [0.3, 0.4) is 0 Å². The van der Waals surface area contributed by atoms with Gasteiger partial charge in [-0.15, -0.1) is 13.2 Å². The second-order valence-electron chi connectivity index (χ2n) is 9.09. The topological polar surface area (TPSA) is 67.9 Å². The summed E-state index contributed by atoms with van der Waals surface area (Å²) in [6.45, 7) is 4.73. The van der Waals surface area contributed by atoms with Gasteiger partial charge in [-0.1, -0.05) is 12.1 Å². The molecule has 0 spiro atoms. The maximum Gasteiger partial charge on any atom is 0.573 e. The molecule has 9 heteroatoms. The number of hydrogen-bond acceptors (Lipinski definition) is 4. The number of likely N-dealkylation sites (tertiary alicyclic amines) is 1. The zero-order chi connectivity index (χ0) is 21.9. The van der Waals surface area contributed by atoms with E-state index in [1.165, 1.54) is 13.2 Å². The molecule has 1 aromatic rings. The van der Waals surface area contributed by atoms with E-state index in [1.807, 2.05) is 11.8 Å². The molecular formula is C21H25F3N2O4. The van der Waals surface area contributed by atoms with E-state index in [9.17, 15) is 22.8 Å². The second kappa shape index (κ2) is 6.78. The van der Waals surface area contributed by atoms with E-state index in [2.05, 4.69) is 14.8 Å². The minimum absolute atomic E-state index is 0.0828. The fourth-order valence-electron chi connectivity index (χ4n) is 5.16. The van der Waals surface area contributed by atoms with Gasteiger partial charge < -0.3 is 19.7 Å². The number of alkyl halides is 3. The molecule has 0 radical (unpaired) electrons. The number of hydrogen-bond donors (Lipinski definition) is 1. The van der Waals surface area contributed by atoms with Crippen molar-refractivity contribution in [3.8, 4) is 5.75 Å². The fourth-order valence-corrected chi connectivity index (χ4v) is 5.16.